The Labute approximate surface area is 185 Å². The quantitative estimate of drug-likeness (QED) is 0.608. The monoisotopic (exact) mass is 462 g/mol. The molecule has 2 heterocycles. The molecule has 1 amide bonds. The van der Waals surface area contributed by atoms with Gasteiger partial charge in [0, 0.05) is 29.2 Å². The summed E-state index contributed by atoms with van der Waals surface area (Å²) in [5.74, 6) is -0.194. The van der Waals surface area contributed by atoms with E-state index in [0.29, 0.717) is 40.7 Å². The lowest BCUT2D eigenvalue weighted by molar-refractivity contribution is 0.0928. The summed E-state index contributed by atoms with van der Waals surface area (Å²) in [6, 6.07) is 12.7. The van der Waals surface area contributed by atoms with Crippen LogP contribution in [0.1, 0.15) is 33.6 Å². The van der Waals surface area contributed by atoms with Crippen molar-refractivity contribution in [1.29, 1.82) is 0 Å². The lowest BCUT2D eigenvalue weighted by Gasteiger charge is -2.31. The van der Waals surface area contributed by atoms with Gasteiger partial charge in [-0.1, -0.05) is 41.4 Å². The minimum absolute atomic E-state index is 0.0793. The molecule has 0 saturated carbocycles. The molecule has 1 aliphatic heterocycles. The normalized spacial score (nSPS) is 16.1. The van der Waals surface area contributed by atoms with Crippen molar-refractivity contribution in [2.24, 2.45) is 0 Å². The van der Waals surface area contributed by atoms with Gasteiger partial charge in [0.2, 0.25) is 10.0 Å². The molecule has 158 valence electrons. The maximum atomic E-state index is 12.8. The Hall–Kier alpha value is -1.93. The minimum Gasteiger partial charge on any atom is -0.348 e. The van der Waals surface area contributed by atoms with E-state index in [9.17, 15) is 13.2 Å². The summed E-state index contributed by atoms with van der Waals surface area (Å²) in [6.07, 6.45) is 1.14. The molecule has 5 nitrogen and oxygen atoms in total. The van der Waals surface area contributed by atoms with E-state index in [-0.39, 0.29) is 11.9 Å². The first-order valence-corrected chi connectivity index (χ1v) is 12.5. The predicted octanol–water partition coefficient (Wildman–Crippen LogP) is 4.75. The lowest BCUT2D eigenvalue weighted by atomic mass is 10.1. The van der Waals surface area contributed by atoms with Gasteiger partial charge in [-0.05, 0) is 50.5 Å². The zero-order valence-electron chi connectivity index (χ0n) is 16.8. The lowest BCUT2D eigenvalue weighted by Crippen LogP contribution is -2.46. The van der Waals surface area contributed by atoms with E-state index in [4.69, 9.17) is 11.6 Å². The average Bonchev–Trinajstić information content (AvgIpc) is 3.07. The van der Waals surface area contributed by atoms with Gasteiger partial charge in [-0.15, -0.1) is 11.3 Å². The third-order valence-electron chi connectivity index (χ3n) is 5.52. The smallest absolute Gasteiger partial charge is 0.263 e. The molecular formula is C22H23ClN2O3S2. The summed E-state index contributed by atoms with van der Waals surface area (Å²) in [6.45, 7) is 4.66. The predicted molar refractivity (Wildman–Crippen MR) is 122 cm³/mol. The standard InChI is InChI=1S/C22H23ClN2O3S2/c1-14-6-8-17(9-7-14)30(27,28)25-12-10-16(11-13-25)24-22(26)21-20(23)19-15(2)4-3-5-18(19)29-21/h3-9,16H,10-13H2,1-2H3,(H,24,26). The maximum absolute atomic E-state index is 12.8. The van der Waals surface area contributed by atoms with E-state index in [1.54, 1.807) is 24.3 Å². The van der Waals surface area contributed by atoms with Crippen LogP contribution in [0.5, 0.6) is 0 Å². The first-order valence-electron chi connectivity index (χ1n) is 9.82. The van der Waals surface area contributed by atoms with Gasteiger partial charge in [-0.3, -0.25) is 4.79 Å². The second kappa shape index (κ2) is 8.30. The molecule has 3 aromatic rings. The third-order valence-corrected chi connectivity index (χ3v) is 9.08. The number of hydrogen-bond donors (Lipinski definition) is 1. The van der Waals surface area contributed by atoms with Crippen LogP contribution in [-0.4, -0.2) is 37.8 Å². The Kier molecular flexibility index (Phi) is 5.90. The summed E-state index contributed by atoms with van der Waals surface area (Å²) in [4.78, 5) is 13.6. The Morgan fingerprint density at radius 2 is 1.77 bits per heavy atom. The van der Waals surface area contributed by atoms with Crippen LogP contribution < -0.4 is 5.32 Å². The zero-order chi connectivity index (χ0) is 21.5. The molecule has 0 unspecified atom stereocenters. The Balaban J connectivity index is 1.43. The maximum Gasteiger partial charge on any atom is 0.263 e. The highest BCUT2D eigenvalue weighted by Gasteiger charge is 2.30. The largest absolute Gasteiger partial charge is 0.348 e. The van der Waals surface area contributed by atoms with Crippen LogP contribution in [0.2, 0.25) is 5.02 Å². The number of hydrogen-bond acceptors (Lipinski definition) is 4. The highest BCUT2D eigenvalue weighted by molar-refractivity contribution is 7.89. The first kappa shape index (κ1) is 21.3. The van der Waals surface area contributed by atoms with E-state index in [0.717, 1.165) is 21.2 Å². The summed E-state index contributed by atoms with van der Waals surface area (Å²) < 4.78 is 28.2. The van der Waals surface area contributed by atoms with Crippen LogP contribution in [0.3, 0.4) is 0 Å². The minimum atomic E-state index is -3.51. The van der Waals surface area contributed by atoms with Crippen molar-refractivity contribution >= 4 is 49.0 Å². The topological polar surface area (TPSA) is 66.5 Å². The van der Waals surface area contributed by atoms with Crippen molar-refractivity contribution in [2.75, 3.05) is 13.1 Å². The number of benzene rings is 2. The molecule has 0 radical (unpaired) electrons. The molecule has 0 atom stereocenters. The first-order chi connectivity index (χ1) is 14.3. The van der Waals surface area contributed by atoms with Crippen molar-refractivity contribution in [3.05, 3.63) is 63.5 Å². The van der Waals surface area contributed by atoms with E-state index in [2.05, 4.69) is 5.32 Å². The van der Waals surface area contributed by atoms with Crippen LogP contribution in [0, 0.1) is 13.8 Å². The van der Waals surface area contributed by atoms with Gasteiger partial charge in [0.05, 0.1) is 9.92 Å². The van der Waals surface area contributed by atoms with Crippen LogP contribution >= 0.6 is 22.9 Å². The molecule has 1 aromatic heterocycles. The number of halogens is 1. The highest BCUT2D eigenvalue weighted by Crippen LogP contribution is 2.37. The Morgan fingerprint density at radius 3 is 2.40 bits per heavy atom. The number of amides is 1. The molecule has 1 fully saturated rings. The second-order valence-corrected chi connectivity index (χ2v) is 11.0. The number of aryl methyl sites for hydroxylation is 2. The van der Waals surface area contributed by atoms with E-state index < -0.39 is 10.0 Å². The van der Waals surface area contributed by atoms with Crippen molar-refractivity contribution in [1.82, 2.24) is 9.62 Å². The molecule has 0 aliphatic carbocycles. The molecule has 0 spiro atoms. The fourth-order valence-corrected chi connectivity index (χ4v) is 6.83. The number of carbonyl (C=O) groups is 1. The number of carbonyl (C=O) groups excluding carboxylic acids is 1. The number of sulfonamides is 1. The van der Waals surface area contributed by atoms with Gasteiger partial charge in [0.15, 0.2) is 0 Å². The molecule has 0 bridgehead atoms. The summed E-state index contributed by atoms with van der Waals surface area (Å²) >= 11 is 7.89. The zero-order valence-corrected chi connectivity index (χ0v) is 19.2. The van der Waals surface area contributed by atoms with E-state index in [1.165, 1.54) is 15.6 Å². The van der Waals surface area contributed by atoms with E-state index in [1.807, 2.05) is 32.0 Å². The molecule has 2 aromatic carbocycles. The van der Waals surface area contributed by atoms with Gasteiger partial charge >= 0.3 is 0 Å². The van der Waals surface area contributed by atoms with Gasteiger partial charge in [0.1, 0.15) is 4.88 Å². The molecule has 1 N–H and O–H groups in total. The summed E-state index contributed by atoms with van der Waals surface area (Å²) in [7, 11) is -3.51. The number of piperidine rings is 1. The number of nitrogens with zero attached hydrogens (tertiary/aromatic N) is 1. The van der Waals surface area contributed by atoms with Gasteiger partial charge < -0.3 is 5.32 Å². The summed E-state index contributed by atoms with van der Waals surface area (Å²) in [5.41, 5.74) is 2.06. The second-order valence-electron chi connectivity index (χ2n) is 7.66. The Morgan fingerprint density at radius 1 is 1.10 bits per heavy atom. The van der Waals surface area contributed by atoms with Crippen LogP contribution in [0.25, 0.3) is 10.1 Å². The number of fused-ring (bicyclic) bond motifs is 1. The van der Waals surface area contributed by atoms with Crippen LogP contribution in [-0.2, 0) is 10.0 Å². The van der Waals surface area contributed by atoms with Gasteiger partial charge in [0.25, 0.3) is 5.91 Å². The van der Waals surface area contributed by atoms with Crippen molar-refractivity contribution in [3.63, 3.8) is 0 Å². The molecule has 4 rings (SSSR count). The van der Waals surface area contributed by atoms with Crippen molar-refractivity contribution in [2.45, 2.75) is 37.6 Å². The van der Waals surface area contributed by atoms with Crippen LogP contribution in [0.15, 0.2) is 47.4 Å². The van der Waals surface area contributed by atoms with Crippen molar-refractivity contribution < 1.29 is 13.2 Å². The molecular weight excluding hydrogens is 440 g/mol. The molecule has 30 heavy (non-hydrogen) atoms. The number of rotatable bonds is 4. The highest BCUT2D eigenvalue weighted by atomic mass is 35.5. The Bertz CT molecular complexity index is 1200. The van der Waals surface area contributed by atoms with Crippen LogP contribution in [0.4, 0.5) is 0 Å². The third kappa shape index (κ3) is 3.99. The number of thiophene rings is 1. The fraction of sp³-hybridized carbons (Fsp3) is 0.318. The number of nitrogens with one attached hydrogen (secondary N) is 1. The fourth-order valence-electron chi connectivity index (χ4n) is 3.77. The molecule has 1 aliphatic rings. The van der Waals surface area contributed by atoms with Gasteiger partial charge in [-0.2, -0.15) is 4.31 Å². The SMILES string of the molecule is Cc1ccc(S(=O)(=O)N2CCC(NC(=O)c3sc4cccc(C)c4c3Cl)CC2)cc1. The summed E-state index contributed by atoms with van der Waals surface area (Å²) in [5, 5.41) is 4.46. The molecule has 8 heteroatoms. The van der Waals surface area contributed by atoms with E-state index >= 15 is 0 Å². The average molecular weight is 463 g/mol. The van der Waals surface area contributed by atoms with Crippen molar-refractivity contribution in [3.8, 4) is 0 Å². The van der Waals surface area contributed by atoms with Gasteiger partial charge in [-0.25, -0.2) is 8.42 Å². The molecule has 1 saturated heterocycles.